The number of hydrogen-bond acceptors (Lipinski definition) is 2. The molecule has 78 valence electrons. The van der Waals surface area contributed by atoms with E-state index in [9.17, 15) is 14.0 Å². The summed E-state index contributed by atoms with van der Waals surface area (Å²) in [7, 11) is 0. The van der Waals surface area contributed by atoms with Gasteiger partial charge in [0.25, 0.3) is 11.7 Å². The summed E-state index contributed by atoms with van der Waals surface area (Å²) >= 11 is 5.80. The van der Waals surface area contributed by atoms with Crippen LogP contribution in [-0.4, -0.2) is 24.9 Å². The van der Waals surface area contributed by atoms with Crippen molar-refractivity contribution in [3.8, 4) is 0 Å². The third-order valence-corrected chi connectivity index (χ3v) is 2.57. The van der Waals surface area contributed by atoms with Crippen LogP contribution >= 0.6 is 11.6 Å². The number of nitrogens with zero attached hydrogens (tertiary/aromatic N) is 1. The molecular weight excluding hydrogens is 221 g/mol. The Balaban J connectivity index is 2.55. The van der Waals surface area contributed by atoms with E-state index < -0.39 is 18.4 Å². The Morgan fingerprint density at radius 2 is 2.07 bits per heavy atom. The minimum atomic E-state index is -0.712. The van der Waals surface area contributed by atoms with Crippen LogP contribution in [0.15, 0.2) is 18.2 Å². The molecule has 3 nitrogen and oxygen atoms in total. The van der Waals surface area contributed by atoms with E-state index in [1.165, 1.54) is 6.07 Å². The fourth-order valence-electron chi connectivity index (χ4n) is 1.61. The lowest BCUT2D eigenvalue weighted by Gasteiger charge is -2.13. The number of amides is 1. The number of ketones is 1. The van der Waals surface area contributed by atoms with Crippen LogP contribution in [-0.2, 0) is 4.79 Å². The highest BCUT2D eigenvalue weighted by molar-refractivity contribution is 6.55. The Morgan fingerprint density at radius 1 is 1.33 bits per heavy atom. The van der Waals surface area contributed by atoms with Gasteiger partial charge in [-0.15, -0.1) is 0 Å². The maximum atomic E-state index is 12.2. The Morgan fingerprint density at radius 3 is 2.73 bits per heavy atom. The molecule has 0 fully saturated rings. The van der Waals surface area contributed by atoms with Crippen molar-refractivity contribution < 1.29 is 14.0 Å². The van der Waals surface area contributed by atoms with Gasteiger partial charge in [-0.3, -0.25) is 9.59 Å². The van der Waals surface area contributed by atoms with E-state index in [0.29, 0.717) is 5.69 Å². The number of halogens is 2. The molecule has 1 aromatic carbocycles. The van der Waals surface area contributed by atoms with E-state index in [1.807, 2.05) is 0 Å². The summed E-state index contributed by atoms with van der Waals surface area (Å²) in [4.78, 5) is 24.1. The number of rotatable bonds is 2. The maximum absolute atomic E-state index is 12.2. The summed E-state index contributed by atoms with van der Waals surface area (Å²) in [5.41, 5.74) is 0.577. The summed E-state index contributed by atoms with van der Waals surface area (Å²) in [6, 6.07) is 4.74. The van der Waals surface area contributed by atoms with E-state index in [1.54, 1.807) is 12.1 Å². The van der Waals surface area contributed by atoms with Crippen LogP contribution in [0.3, 0.4) is 0 Å². The molecule has 0 saturated carbocycles. The first kappa shape index (κ1) is 10.1. The van der Waals surface area contributed by atoms with Crippen molar-refractivity contribution in [3.05, 3.63) is 28.8 Å². The Bertz CT molecular complexity index is 447. The molecule has 0 atom stereocenters. The summed E-state index contributed by atoms with van der Waals surface area (Å²) in [5, 5.41) is 0.229. The number of hydrogen-bond donors (Lipinski definition) is 0. The smallest absolute Gasteiger partial charge is 0.299 e. The molecule has 0 bridgehead atoms. The first-order valence-corrected chi connectivity index (χ1v) is 4.75. The summed E-state index contributed by atoms with van der Waals surface area (Å²) in [6.45, 7) is -0.803. The van der Waals surface area contributed by atoms with Gasteiger partial charge in [0.05, 0.1) is 22.8 Å². The zero-order valence-electron chi connectivity index (χ0n) is 7.67. The Labute approximate surface area is 90.4 Å². The molecule has 0 aliphatic carbocycles. The summed E-state index contributed by atoms with van der Waals surface area (Å²) < 4.78 is 12.2. The number of carbonyl (C=O) groups excluding carboxylic acids is 2. The van der Waals surface area contributed by atoms with Gasteiger partial charge >= 0.3 is 0 Å². The molecule has 0 aromatic heterocycles. The molecule has 0 N–H and O–H groups in total. The summed E-state index contributed by atoms with van der Waals surface area (Å²) in [6.07, 6.45) is 0. The number of fused-ring (bicyclic) bond motifs is 1. The minimum absolute atomic E-state index is 0.113. The lowest BCUT2D eigenvalue weighted by Crippen LogP contribution is -2.31. The molecule has 2 rings (SSSR count). The zero-order chi connectivity index (χ0) is 11.0. The molecule has 0 saturated heterocycles. The van der Waals surface area contributed by atoms with Crippen molar-refractivity contribution in [2.45, 2.75) is 0 Å². The number of anilines is 1. The number of carbonyl (C=O) groups is 2. The zero-order valence-corrected chi connectivity index (χ0v) is 8.42. The van der Waals surface area contributed by atoms with Crippen molar-refractivity contribution in [2.24, 2.45) is 0 Å². The molecule has 5 heteroatoms. The summed E-state index contributed by atoms with van der Waals surface area (Å²) in [5.74, 6) is -1.38. The topological polar surface area (TPSA) is 37.4 Å². The highest BCUT2D eigenvalue weighted by Crippen LogP contribution is 2.33. The third kappa shape index (κ3) is 1.41. The average Bonchev–Trinajstić information content (AvgIpc) is 2.45. The lowest BCUT2D eigenvalue weighted by molar-refractivity contribution is -0.114. The third-order valence-electron chi connectivity index (χ3n) is 2.26. The highest BCUT2D eigenvalue weighted by Gasteiger charge is 2.36. The van der Waals surface area contributed by atoms with Gasteiger partial charge in [-0.2, -0.15) is 0 Å². The predicted octanol–water partition coefficient (Wildman–Crippen LogP) is 1.84. The van der Waals surface area contributed by atoms with Gasteiger partial charge < -0.3 is 4.90 Å². The second kappa shape index (κ2) is 3.62. The number of benzene rings is 1. The van der Waals surface area contributed by atoms with Crippen LogP contribution in [0.5, 0.6) is 0 Å². The monoisotopic (exact) mass is 227 g/mol. The normalized spacial score (nSPS) is 14.7. The van der Waals surface area contributed by atoms with E-state index >= 15 is 0 Å². The molecule has 0 spiro atoms. The molecule has 0 unspecified atom stereocenters. The standard InChI is InChI=1S/C10H7ClFNO2/c11-6-2-1-3-7-8(6)9(14)10(15)13(7)5-4-12/h1-3H,4-5H2. The number of Topliss-reactive ketones (excluding diaryl/α,β-unsaturated/α-hetero) is 1. The molecule has 1 amide bonds. The van der Waals surface area contributed by atoms with Gasteiger partial charge in [-0.1, -0.05) is 17.7 Å². The van der Waals surface area contributed by atoms with Crippen molar-refractivity contribution >= 4 is 29.0 Å². The van der Waals surface area contributed by atoms with Gasteiger partial charge in [0.1, 0.15) is 6.67 Å². The second-order valence-electron chi connectivity index (χ2n) is 3.11. The lowest BCUT2D eigenvalue weighted by atomic mass is 10.1. The van der Waals surface area contributed by atoms with Crippen molar-refractivity contribution in [3.63, 3.8) is 0 Å². The van der Waals surface area contributed by atoms with Crippen LogP contribution in [0.2, 0.25) is 5.02 Å². The first-order valence-electron chi connectivity index (χ1n) is 4.37. The first-order chi connectivity index (χ1) is 7.16. The maximum Gasteiger partial charge on any atom is 0.299 e. The largest absolute Gasteiger partial charge is 0.302 e. The van der Waals surface area contributed by atoms with Crippen LogP contribution in [0.4, 0.5) is 10.1 Å². The molecule has 1 aromatic rings. The number of alkyl halides is 1. The minimum Gasteiger partial charge on any atom is -0.302 e. The van der Waals surface area contributed by atoms with E-state index in [4.69, 9.17) is 11.6 Å². The fourth-order valence-corrected chi connectivity index (χ4v) is 1.86. The van der Waals surface area contributed by atoms with Gasteiger partial charge in [0.2, 0.25) is 0 Å². The highest BCUT2D eigenvalue weighted by atomic mass is 35.5. The van der Waals surface area contributed by atoms with Gasteiger partial charge in [0.15, 0.2) is 0 Å². The van der Waals surface area contributed by atoms with E-state index in [0.717, 1.165) is 4.90 Å². The van der Waals surface area contributed by atoms with Crippen LogP contribution in [0.25, 0.3) is 0 Å². The van der Waals surface area contributed by atoms with Crippen LogP contribution in [0, 0.1) is 0 Å². The quantitative estimate of drug-likeness (QED) is 0.723. The SMILES string of the molecule is O=C1C(=O)N(CCF)c2cccc(Cl)c21. The van der Waals surface area contributed by atoms with Gasteiger partial charge in [-0.05, 0) is 12.1 Å². The van der Waals surface area contributed by atoms with Gasteiger partial charge in [-0.25, -0.2) is 4.39 Å². The Hall–Kier alpha value is -1.42. The molecule has 0 radical (unpaired) electrons. The van der Waals surface area contributed by atoms with Crippen molar-refractivity contribution in [1.29, 1.82) is 0 Å². The fraction of sp³-hybridized carbons (Fsp3) is 0.200. The molecular formula is C10H7ClFNO2. The molecule has 1 aliphatic rings. The molecule has 1 heterocycles. The molecule has 15 heavy (non-hydrogen) atoms. The Kier molecular flexibility index (Phi) is 2.44. The van der Waals surface area contributed by atoms with Crippen molar-refractivity contribution in [1.82, 2.24) is 0 Å². The second-order valence-corrected chi connectivity index (χ2v) is 3.52. The predicted molar refractivity (Wildman–Crippen MR) is 54.1 cm³/mol. The van der Waals surface area contributed by atoms with Crippen LogP contribution in [0.1, 0.15) is 10.4 Å². The van der Waals surface area contributed by atoms with Crippen molar-refractivity contribution in [2.75, 3.05) is 18.1 Å². The van der Waals surface area contributed by atoms with E-state index in [-0.39, 0.29) is 17.1 Å². The van der Waals surface area contributed by atoms with Crippen LogP contribution < -0.4 is 4.90 Å². The van der Waals surface area contributed by atoms with E-state index in [2.05, 4.69) is 0 Å². The molecule has 1 aliphatic heterocycles. The van der Waals surface area contributed by atoms with Gasteiger partial charge in [0, 0.05) is 0 Å². The average molecular weight is 228 g/mol.